The highest BCUT2D eigenvalue weighted by Crippen LogP contribution is 2.09. The first-order valence-electron chi connectivity index (χ1n) is 6.50. The lowest BCUT2D eigenvalue weighted by molar-refractivity contribution is -0.137. The molecule has 1 saturated heterocycles. The zero-order valence-corrected chi connectivity index (χ0v) is 11.1. The van der Waals surface area contributed by atoms with Crippen molar-refractivity contribution in [2.75, 3.05) is 13.1 Å². The van der Waals surface area contributed by atoms with Gasteiger partial charge >= 0.3 is 12.0 Å². The lowest BCUT2D eigenvalue weighted by Gasteiger charge is -2.13. The molecule has 0 spiro atoms. The fourth-order valence-corrected chi connectivity index (χ4v) is 1.89. The lowest BCUT2D eigenvalue weighted by atomic mass is 10.0. The Morgan fingerprint density at radius 2 is 2.21 bits per heavy atom. The van der Waals surface area contributed by atoms with Crippen LogP contribution in [0.15, 0.2) is 0 Å². The van der Waals surface area contributed by atoms with E-state index in [0.717, 1.165) is 6.42 Å². The molecule has 0 aromatic heterocycles. The zero-order valence-electron chi connectivity index (χ0n) is 11.1. The van der Waals surface area contributed by atoms with E-state index >= 15 is 0 Å². The maximum absolute atomic E-state index is 11.5. The molecule has 0 aromatic rings. The molecule has 0 radical (unpaired) electrons. The van der Waals surface area contributed by atoms with Gasteiger partial charge in [0.2, 0.25) is 5.91 Å². The summed E-state index contributed by atoms with van der Waals surface area (Å²) in [6.45, 7) is 2.93. The van der Waals surface area contributed by atoms with Crippen LogP contribution >= 0.6 is 0 Å². The quantitative estimate of drug-likeness (QED) is 0.525. The number of carboxylic acids is 1. The van der Waals surface area contributed by atoms with E-state index in [2.05, 4.69) is 16.0 Å². The number of hydrogen-bond donors (Lipinski definition) is 4. The second kappa shape index (κ2) is 7.60. The van der Waals surface area contributed by atoms with Crippen molar-refractivity contribution in [3.63, 3.8) is 0 Å². The summed E-state index contributed by atoms with van der Waals surface area (Å²) in [5, 5.41) is 16.6. The van der Waals surface area contributed by atoms with Crippen molar-refractivity contribution in [1.82, 2.24) is 16.0 Å². The van der Waals surface area contributed by atoms with Crippen LogP contribution in [-0.4, -0.2) is 42.1 Å². The third kappa shape index (κ3) is 6.64. The van der Waals surface area contributed by atoms with Gasteiger partial charge in [0, 0.05) is 25.9 Å². The fourth-order valence-electron chi connectivity index (χ4n) is 1.89. The van der Waals surface area contributed by atoms with Gasteiger partial charge in [-0.3, -0.25) is 9.59 Å². The normalized spacial score (nSPS) is 19.6. The second-order valence-corrected chi connectivity index (χ2v) is 4.93. The van der Waals surface area contributed by atoms with Crippen molar-refractivity contribution < 1.29 is 19.5 Å². The van der Waals surface area contributed by atoms with Crippen molar-refractivity contribution in [2.45, 2.75) is 38.6 Å². The van der Waals surface area contributed by atoms with Gasteiger partial charge < -0.3 is 21.1 Å². The smallest absolute Gasteiger partial charge is 0.315 e. The molecular weight excluding hydrogens is 250 g/mol. The molecule has 0 saturated carbocycles. The van der Waals surface area contributed by atoms with E-state index < -0.39 is 5.97 Å². The molecule has 1 rings (SSSR count). The van der Waals surface area contributed by atoms with E-state index in [9.17, 15) is 14.4 Å². The van der Waals surface area contributed by atoms with Crippen LogP contribution in [0, 0.1) is 5.92 Å². The van der Waals surface area contributed by atoms with Crippen LogP contribution < -0.4 is 16.0 Å². The Bertz CT molecular complexity index is 346. The zero-order chi connectivity index (χ0) is 14.3. The monoisotopic (exact) mass is 271 g/mol. The van der Waals surface area contributed by atoms with E-state index in [4.69, 9.17) is 5.11 Å². The van der Waals surface area contributed by atoms with E-state index in [1.165, 1.54) is 0 Å². The minimum absolute atomic E-state index is 0.0485. The molecular formula is C12H21N3O4. The van der Waals surface area contributed by atoms with Gasteiger partial charge in [-0.25, -0.2) is 4.79 Å². The molecule has 4 N–H and O–H groups in total. The summed E-state index contributed by atoms with van der Waals surface area (Å²) in [5.41, 5.74) is 0. The molecule has 0 aromatic carbocycles. The summed E-state index contributed by atoms with van der Waals surface area (Å²) in [6, 6.07) is -0.427. The number of carbonyl (C=O) groups excluding carboxylic acids is 2. The van der Waals surface area contributed by atoms with E-state index in [0.29, 0.717) is 25.9 Å². The van der Waals surface area contributed by atoms with Crippen molar-refractivity contribution in [3.05, 3.63) is 0 Å². The summed E-state index contributed by atoms with van der Waals surface area (Å²) >= 11 is 0. The molecule has 1 fully saturated rings. The van der Waals surface area contributed by atoms with Crippen LogP contribution in [0.4, 0.5) is 4.79 Å². The summed E-state index contributed by atoms with van der Waals surface area (Å²) in [4.78, 5) is 32.8. The molecule has 3 amide bonds. The van der Waals surface area contributed by atoms with Crippen LogP contribution in [0.3, 0.4) is 0 Å². The van der Waals surface area contributed by atoms with Gasteiger partial charge in [-0.2, -0.15) is 0 Å². The lowest BCUT2D eigenvalue weighted by Crippen LogP contribution is -2.43. The predicted molar refractivity (Wildman–Crippen MR) is 68.6 cm³/mol. The number of rotatable bonds is 7. The minimum Gasteiger partial charge on any atom is -0.481 e. The van der Waals surface area contributed by atoms with Crippen LogP contribution in [0.2, 0.25) is 0 Å². The average Bonchev–Trinajstić information content (AvgIpc) is 2.72. The number of carbonyl (C=O) groups is 3. The molecule has 1 heterocycles. The van der Waals surface area contributed by atoms with Gasteiger partial charge in [0.15, 0.2) is 0 Å². The first kappa shape index (κ1) is 15.3. The molecule has 0 bridgehead atoms. The topological polar surface area (TPSA) is 108 Å². The number of urea groups is 1. The second-order valence-electron chi connectivity index (χ2n) is 4.93. The maximum Gasteiger partial charge on any atom is 0.315 e. The summed E-state index contributed by atoms with van der Waals surface area (Å²) in [6.07, 6.45) is 1.83. The number of nitrogens with one attached hydrogen (secondary N) is 3. The first-order chi connectivity index (χ1) is 8.97. The first-order valence-corrected chi connectivity index (χ1v) is 6.50. The molecule has 1 aliphatic rings. The largest absolute Gasteiger partial charge is 0.481 e. The maximum atomic E-state index is 11.5. The van der Waals surface area contributed by atoms with Crippen LogP contribution in [0.1, 0.15) is 32.6 Å². The number of amides is 3. The van der Waals surface area contributed by atoms with Crippen molar-refractivity contribution >= 4 is 17.9 Å². The SMILES string of the molecule is CC(CCNC(=O)NC1CNC(=O)C1)CCC(=O)O. The Morgan fingerprint density at radius 1 is 1.47 bits per heavy atom. The highest BCUT2D eigenvalue weighted by Gasteiger charge is 2.22. The van der Waals surface area contributed by atoms with Crippen LogP contribution in [0.5, 0.6) is 0 Å². The third-order valence-electron chi connectivity index (χ3n) is 3.09. The van der Waals surface area contributed by atoms with Crippen molar-refractivity contribution in [2.24, 2.45) is 5.92 Å². The standard InChI is InChI=1S/C12H21N3O4/c1-8(2-3-11(17)18)4-5-13-12(19)15-9-6-10(16)14-7-9/h8-9H,2-7H2,1H3,(H,14,16)(H,17,18)(H2,13,15,19). The number of aliphatic carboxylic acids is 1. The van der Waals surface area contributed by atoms with Crippen molar-refractivity contribution in [3.8, 4) is 0 Å². The number of carboxylic acid groups (broad SMARTS) is 1. The molecule has 2 unspecified atom stereocenters. The Labute approximate surface area is 112 Å². The Balaban J connectivity index is 2.06. The average molecular weight is 271 g/mol. The summed E-state index contributed by atoms with van der Waals surface area (Å²) in [7, 11) is 0. The predicted octanol–water partition coefficient (Wildman–Crippen LogP) is 0.0651. The van der Waals surface area contributed by atoms with Crippen LogP contribution in [0.25, 0.3) is 0 Å². The van der Waals surface area contributed by atoms with Gasteiger partial charge in [0.05, 0.1) is 6.04 Å². The molecule has 2 atom stereocenters. The summed E-state index contributed by atoms with van der Waals surface area (Å²) in [5.74, 6) is -0.588. The molecule has 108 valence electrons. The van der Waals surface area contributed by atoms with Gasteiger partial charge in [0.1, 0.15) is 0 Å². The van der Waals surface area contributed by atoms with Crippen molar-refractivity contribution in [1.29, 1.82) is 0 Å². The van der Waals surface area contributed by atoms with Gasteiger partial charge in [-0.05, 0) is 18.8 Å². The summed E-state index contributed by atoms with van der Waals surface area (Å²) < 4.78 is 0. The third-order valence-corrected chi connectivity index (χ3v) is 3.09. The molecule has 0 aliphatic carbocycles. The number of hydrogen-bond acceptors (Lipinski definition) is 3. The van der Waals surface area contributed by atoms with E-state index in [1.54, 1.807) is 0 Å². The highest BCUT2D eigenvalue weighted by molar-refractivity contribution is 5.81. The molecule has 7 nitrogen and oxygen atoms in total. The highest BCUT2D eigenvalue weighted by atomic mass is 16.4. The molecule has 7 heteroatoms. The Kier molecular flexibility index (Phi) is 6.11. The minimum atomic E-state index is -0.795. The Morgan fingerprint density at radius 3 is 2.79 bits per heavy atom. The fraction of sp³-hybridized carbons (Fsp3) is 0.750. The Hall–Kier alpha value is -1.79. The molecule has 19 heavy (non-hydrogen) atoms. The van der Waals surface area contributed by atoms with E-state index in [-0.39, 0.29) is 30.3 Å². The van der Waals surface area contributed by atoms with Gasteiger partial charge in [0.25, 0.3) is 0 Å². The van der Waals surface area contributed by atoms with E-state index in [1.807, 2.05) is 6.92 Å². The van der Waals surface area contributed by atoms with Gasteiger partial charge in [-0.15, -0.1) is 0 Å². The van der Waals surface area contributed by atoms with Gasteiger partial charge in [-0.1, -0.05) is 6.92 Å². The van der Waals surface area contributed by atoms with Crippen LogP contribution in [-0.2, 0) is 9.59 Å². The molecule has 1 aliphatic heterocycles.